The highest BCUT2D eigenvalue weighted by Gasteiger charge is 2.35. The zero-order valence-corrected chi connectivity index (χ0v) is 9.24. The van der Waals surface area contributed by atoms with Crippen LogP contribution < -0.4 is 4.74 Å². The van der Waals surface area contributed by atoms with Gasteiger partial charge in [-0.1, -0.05) is 11.6 Å². The van der Waals surface area contributed by atoms with Crippen LogP contribution in [0.1, 0.15) is 22.8 Å². The number of methoxy groups -OCH3 is 1. The van der Waals surface area contributed by atoms with Gasteiger partial charge in [-0.3, -0.25) is 4.79 Å². The van der Waals surface area contributed by atoms with Crippen molar-refractivity contribution in [1.29, 1.82) is 0 Å². The average molecular weight is 253 g/mol. The van der Waals surface area contributed by atoms with Gasteiger partial charge in [-0.15, -0.1) is 0 Å². The number of Topliss-reactive ketones (excluding diaryl/α,β-unsaturated/α-hetero) is 1. The van der Waals surface area contributed by atoms with Gasteiger partial charge in [-0.05, 0) is 19.1 Å². The van der Waals surface area contributed by atoms with Crippen LogP contribution in [0.25, 0.3) is 0 Å². The van der Waals surface area contributed by atoms with Crippen molar-refractivity contribution in [1.82, 2.24) is 0 Å². The third kappa shape index (κ3) is 2.47. The Morgan fingerprint density at radius 3 is 2.31 bits per heavy atom. The van der Waals surface area contributed by atoms with Crippen molar-refractivity contribution in [3.05, 3.63) is 28.3 Å². The third-order valence-corrected chi connectivity index (χ3v) is 2.27. The molecule has 0 unspecified atom stereocenters. The van der Waals surface area contributed by atoms with Crippen molar-refractivity contribution in [2.75, 3.05) is 7.11 Å². The Balaban J connectivity index is 3.49. The van der Waals surface area contributed by atoms with E-state index in [2.05, 4.69) is 0 Å². The molecular formula is C10H8ClF3O2. The molecule has 16 heavy (non-hydrogen) atoms. The van der Waals surface area contributed by atoms with Crippen LogP contribution in [0.4, 0.5) is 13.2 Å². The lowest BCUT2D eigenvalue weighted by molar-refractivity contribution is -0.137. The molecular weight excluding hydrogens is 245 g/mol. The molecule has 6 heteroatoms. The summed E-state index contributed by atoms with van der Waals surface area (Å²) in [5, 5.41) is -0.181. The van der Waals surface area contributed by atoms with Gasteiger partial charge in [-0.2, -0.15) is 13.2 Å². The molecule has 0 atom stereocenters. The Morgan fingerprint density at radius 2 is 1.94 bits per heavy atom. The summed E-state index contributed by atoms with van der Waals surface area (Å²) in [6.45, 7) is 1.05. The third-order valence-electron chi connectivity index (χ3n) is 1.98. The molecule has 2 nitrogen and oxygen atoms in total. The lowest BCUT2D eigenvalue weighted by Gasteiger charge is -2.13. The average Bonchev–Trinajstić information content (AvgIpc) is 2.15. The van der Waals surface area contributed by atoms with Crippen molar-refractivity contribution in [2.45, 2.75) is 13.1 Å². The number of rotatable bonds is 2. The SMILES string of the molecule is COc1cc(C(C)=O)c(C(F)(F)F)cc1Cl. The van der Waals surface area contributed by atoms with Gasteiger partial charge in [0.15, 0.2) is 5.78 Å². The van der Waals surface area contributed by atoms with Crippen LogP contribution in [0.5, 0.6) is 5.75 Å². The second kappa shape index (κ2) is 4.33. The van der Waals surface area contributed by atoms with Crippen molar-refractivity contribution >= 4 is 17.4 Å². The molecule has 0 aromatic heterocycles. The number of carbonyl (C=O) groups excluding carboxylic acids is 1. The molecule has 1 rings (SSSR count). The van der Waals surface area contributed by atoms with Crippen LogP contribution in [-0.4, -0.2) is 12.9 Å². The fourth-order valence-corrected chi connectivity index (χ4v) is 1.48. The van der Waals surface area contributed by atoms with Crippen molar-refractivity contribution in [3.8, 4) is 5.75 Å². The van der Waals surface area contributed by atoms with E-state index in [9.17, 15) is 18.0 Å². The molecule has 0 aliphatic heterocycles. The summed E-state index contributed by atoms with van der Waals surface area (Å²) < 4.78 is 42.5. The summed E-state index contributed by atoms with van der Waals surface area (Å²) in [6.07, 6.45) is -4.61. The molecule has 88 valence electrons. The number of hydrogen-bond donors (Lipinski definition) is 0. The lowest BCUT2D eigenvalue weighted by Crippen LogP contribution is -2.12. The minimum atomic E-state index is -4.61. The molecule has 0 N–H and O–H groups in total. The summed E-state index contributed by atoms with van der Waals surface area (Å²) in [7, 11) is 1.26. The second-order valence-corrected chi connectivity index (χ2v) is 3.49. The van der Waals surface area contributed by atoms with E-state index in [1.165, 1.54) is 7.11 Å². The number of alkyl halides is 3. The summed E-state index contributed by atoms with van der Waals surface area (Å²) in [5.41, 5.74) is -1.50. The molecule has 0 aliphatic rings. The number of halogens is 4. The highest BCUT2D eigenvalue weighted by Crippen LogP contribution is 2.37. The van der Waals surface area contributed by atoms with E-state index in [-0.39, 0.29) is 10.8 Å². The van der Waals surface area contributed by atoms with E-state index in [1.54, 1.807) is 0 Å². The van der Waals surface area contributed by atoms with Crippen LogP contribution in [0.2, 0.25) is 5.02 Å². The quantitative estimate of drug-likeness (QED) is 0.752. The van der Waals surface area contributed by atoms with Crippen LogP contribution in [0.15, 0.2) is 12.1 Å². The summed E-state index contributed by atoms with van der Waals surface area (Å²) >= 11 is 5.58. The van der Waals surface area contributed by atoms with Gasteiger partial charge in [0, 0.05) is 5.56 Å². The highest BCUT2D eigenvalue weighted by molar-refractivity contribution is 6.32. The molecule has 0 amide bonds. The number of carbonyl (C=O) groups is 1. The first-order valence-corrected chi connectivity index (χ1v) is 4.61. The van der Waals surface area contributed by atoms with Crippen molar-refractivity contribution in [3.63, 3.8) is 0 Å². The first-order chi connectivity index (χ1) is 7.27. The number of benzene rings is 1. The van der Waals surface area contributed by atoms with Crippen LogP contribution in [-0.2, 0) is 6.18 Å². The number of hydrogen-bond acceptors (Lipinski definition) is 2. The van der Waals surface area contributed by atoms with Crippen LogP contribution in [0.3, 0.4) is 0 Å². The van der Waals surface area contributed by atoms with E-state index in [0.717, 1.165) is 13.0 Å². The van der Waals surface area contributed by atoms with Gasteiger partial charge in [0.05, 0.1) is 17.7 Å². The predicted octanol–water partition coefficient (Wildman–Crippen LogP) is 3.57. The van der Waals surface area contributed by atoms with Crippen LogP contribution >= 0.6 is 11.6 Å². The molecule has 0 radical (unpaired) electrons. The topological polar surface area (TPSA) is 26.3 Å². The monoisotopic (exact) mass is 252 g/mol. The Morgan fingerprint density at radius 1 is 1.38 bits per heavy atom. The Bertz CT molecular complexity index is 427. The number of ketones is 1. The van der Waals surface area contributed by atoms with E-state index in [1.807, 2.05) is 0 Å². The van der Waals surface area contributed by atoms with Crippen molar-refractivity contribution in [2.24, 2.45) is 0 Å². The normalized spacial score (nSPS) is 11.4. The molecule has 1 aromatic carbocycles. The lowest BCUT2D eigenvalue weighted by atomic mass is 10.0. The maximum atomic E-state index is 12.6. The standard InChI is InChI=1S/C10H8ClF3O2/c1-5(15)6-3-9(16-2)8(11)4-7(6)10(12,13)14/h3-4H,1-2H3. The molecule has 1 aromatic rings. The molecule has 0 bridgehead atoms. The minimum Gasteiger partial charge on any atom is -0.495 e. The van der Waals surface area contributed by atoms with E-state index in [0.29, 0.717) is 6.07 Å². The second-order valence-electron chi connectivity index (χ2n) is 3.09. The largest absolute Gasteiger partial charge is 0.495 e. The molecule has 0 saturated carbocycles. The van der Waals surface area contributed by atoms with E-state index in [4.69, 9.17) is 16.3 Å². The molecule has 0 fully saturated rings. The fourth-order valence-electron chi connectivity index (χ4n) is 1.24. The molecule has 0 spiro atoms. The zero-order chi connectivity index (χ0) is 12.5. The van der Waals surface area contributed by atoms with Crippen molar-refractivity contribution < 1.29 is 22.7 Å². The first kappa shape index (κ1) is 12.8. The molecule has 0 saturated heterocycles. The van der Waals surface area contributed by atoms with Gasteiger partial charge >= 0.3 is 6.18 Å². The summed E-state index contributed by atoms with van der Waals surface area (Å²) in [4.78, 5) is 11.1. The zero-order valence-electron chi connectivity index (χ0n) is 8.48. The Kier molecular flexibility index (Phi) is 3.48. The van der Waals surface area contributed by atoms with Gasteiger partial charge in [-0.25, -0.2) is 0 Å². The predicted molar refractivity (Wildman–Crippen MR) is 53.0 cm³/mol. The first-order valence-electron chi connectivity index (χ1n) is 4.23. The maximum absolute atomic E-state index is 12.6. The van der Waals surface area contributed by atoms with Crippen LogP contribution in [0, 0.1) is 0 Å². The fraction of sp³-hybridized carbons (Fsp3) is 0.300. The van der Waals surface area contributed by atoms with E-state index >= 15 is 0 Å². The van der Waals surface area contributed by atoms with Gasteiger partial charge < -0.3 is 4.74 Å². The van der Waals surface area contributed by atoms with Gasteiger partial charge in [0.25, 0.3) is 0 Å². The smallest absolute Gasteiger partial charge is 0.417 e. The Labute approximate surface area is 95.0 Å². The highest BCUT2D eigenvalue weighted by atomic mass is 35.5. The summed E-state index contributed by atoms with van der Waals surface area (Å²) in [5.74, 6) is -0.651. The molecule has 0 heterocycles. The summed E-state index contributed by atoms with van der Waals surface area (Å²) in [6, 6.07) is 1.69. The molecule has 0 aliphatic carbocycles. The maximum Gasteiger partial charge on any atom is 0.417 e. The van der Waals surface area contributed by atoms with Gasteiger partial charge in [0.2, 0.25) is 0 Å². The number of ether oxygens (including phenoxy) is 1. The Hall–Kier alpha value is -1.23. The van der Waals surface area contributed by atoms with E-state index < -0.39 is 23.1 Å². The van der Waals surface area contributed by atoms with Gasteiger partial charge in [0.1, 0.15) is 5.75 Å². The minimum absolute atomic E-state index is 0.0415.